The fraction of sp³-hybridized carbons (Fsp3) is 0. The zero-order valence-electron chi connectivity index (χ0n) is 8.34. The molecular weight excluding hydrogens is 224 g/mol. The van der Waals surface area contributed by atoms with E-state index in [2.05, 4.69) is 10.2 Å². The molecule has 0 saturated carbocycles. The van der Waals surface area contributed by atoms with Crippen LogP contribution < -0.4 is 0 Å². The normalized spacial score (nSPS) is 10.8. The van der Waals surface area contributed by atoms with Gasteiger partial charge >= 0.3 is 0 Å². The van der Waals surface area contributed by atoms with Gasteiger partial charge in [0.1, 0.15) is 11.4 Å². The molecule has 0 aliphatic heterocycles. The summed E-state index contributed by atoms with van der Waals surface area (Å²) in [6.45, 7) is 0. The summed E-state index contributed by atoms with van der Waals surface area (Å²) in [4.78, 5) is 0. The second-order valence-electron chi connectivity index (χ2n) is 3.17. The van der Waals surface area contributed by atoms with Crippen molar-refractivity contribution in [3.05, 3.63) is 53.6 Å². The van der Waals surface area contributed by atoms with Crippen molar-refractivity contribution in [2.45, 2.75) is 0 Å². The Morgan fingerprint density at radius 2 is 1.56 bits per heavy atom. The molecule has 2 aromatic rings. The van der Waals surface area contributed by atoms with Gasteiger partial charge in [0.05, 0.1) is 10.7 Å². The highest BCUT2D eigenvalue weighted by Crippen LogP contribution is 2.26. The number of hydrogen-bond acceptors (Lipinski definition) is 3. The molecule has 0 spiro atoms. The van der Waals surface area contributed by atoms with Crippen LogP contribution in [0.5, 0.6) is 5.75 Å². The Kier molecular flexibility index (Phi) is 3.17. The molecular formula is C12H9ClN2O. The van der Waals surface area contributed by atoms with Gasteiger partial charge in [-0.15, -0.1) is 5.11 Å². The molecule has 0 saturated heterocycles. The summed E-state index contributed by atoms with van der Waals surface area (Å²) in [7, 11) is 0. The lowest BCUT2D eigenvalue weighted by Crippen LogP contribution is -1.67. The molecule has 2 aromatic carbocycles. The van der Waals surface area contributed by atoms with Crippen molar-refractivity contribution in [1.82, 2.24) is 0 Å². The maximum Gasteiger partial charge on any atom is 0.115 e. The first-order valence-electron chi connectivity index (χ1n) is 4.71. The summed E-state index contributed by atoms with van der Waals surface area (Å²) in [5.74, 6) is 0.205. The SMILES string of the molecule is Oc1ccc(/N=N/c2ccccc2Cl)cc1. The minimum atomic E-state index is 0.205. The van der Waals surface area contributed by atoms with E-state index in [1.54, 1.807) is 36.4 Å². The average molecular weight is 233 g/mol. The van der Waals surface area contributed by atoms with Crippen LogP contribution in [-0.4, -0.2) is 5.11 Å². The number of hydrogen-bond donors (Lipinski definition) is 1. The van der Waals surface area contributed by atoms with Crippen LogP contribution in [0.2, 0.25) is 5.02 Å². The molecule has 0 aliphatic carbocycles. The Balaban J connectivity index is 2.21. The number of phenols is 1. The van der Waals surface area contributed by atoms with Crippen molar-refractivity contribution in [2.24, 2.45) is 10.2 Å². The van der Waals surface area contributed by atoms with Crippen molar-refractivity contribution < 1.29 is 5.11 Å². The quantitative estimate of drug-likeness (QED) is 0.764. The highest BCUT2D eigenvalue weighted by atomic mass is 35.5. The van der Waals surface area contributed by atoms with Crippen LogP contribution in [0.4, 0.5) is 11.4 Å². The lowest BCUT2D eigenvalue weighted by atomic mass is 10.3. The molecule has 80 valence electrons. The van der Waals surface area contributed by atoms with Gasteiger partial charge in [0, 0.05) is 0 Å². The number of phenolic OH excluding ortho intramolecular Hbond substituents is 1. The molecule has 2 rings (SSSR count). The van der Waals surface area contributed by atoms with Gasteiger partial charge < -0.3 is 5.11 Å². The Morgan fingerprint density at radius 1 is 0.875 bits per heavy atom. The Bertz CT molecular complexity index is 509. The van der Waals surface area contributed by atoms with Gasteiger partial charge in [-0.05, 0) is 36.4 Å². The fourth-order valence-corrected chi connectivity index (χ4v) is 1.34. The van der Waals surface area contributed by atoms with E-state index in [9.17, 15) is 0 Å². The summed E-state index contributed by atoms with van der Waals surface area (Å²) in [5.41, 5.74) is 1.29. The summed E-state index contributed by atoms with van der Waals surface area (Å²) in [6.07, 6.45) is 0. The lowest BCUT2D eigenvalue weighted by molar-refractivity contribution is 0.475. The summed E-state index contributed by atoms with van der Waals surface area (Å²) < 4.78 is 0. The van der Waals surface area contributed by atoms with Gasteiger partial charge in [0.15, 0.2) is 0 Å². The van der Waals surface area contributed by atoms with E-state index in [0.717, 1.165) is 0 Å². The van der Waals surface area contributed by atoms with Gasteiger partial charge in [0.2, 0.25) is 0 Å². The van der Waals surface area contributed by atoms with Crippen LogP contribution >= 0.6 is 11.6 Å². The molecule has 4 heteroatoms. The molecule has 3 nitrogen and oxygen atoms in total. The van der Waals surface area contributed by atoms with Gasteiger partial charge in [-0.1, -0.05) is 23.7 Å². The Morgan fingerprint density at radius 3 is 2.25 bits per heavy atom. The first-order chi connectivity index (χ1) is 7.75. The molecule has 16 heavy (non-hydrogen) atoms. The predicted molar refractivity (Wildman–Crippen MR) is 63.7 cm³/mol. The smallest absolute Gasteiger partial charge is 0.115 e. The van der Waals surface area contributed by atoms with Gasteiger partial charge in [0.25, 0.3) is 0 Å². The molecule has 0 aromatic heterocycles. The monoisotopic (exact) mass is 232 g/mol. The van der Waals surface area contributed by atoms with Crippen molar-refractivity contribution in [1.29, 1.82) is 0 Å². The molecule has 0 fully saturated rings. The van der Waals surface area contributed by atoms with Gasteiger partial charge in [-0.3, -0.25) is 0 Å². The van der Waals surface area contributed by atoms with Crippen molar-refractivity contribution >= 4 is 23.0 Å². The van der Waals surface area contributed by atoms with Gasteiger partial charge in [-0.2, -0.15) is 5.11 Å². The third-order valence-electron chi connectivity index (χ3n) is 1.98. The number of rotatable bonds is 2. The number of benzene rings is 2. The second-order valence-corrected chi connectivity index (χ2v) is 3.58. The van der Waals surface area contributed by atoms with E-state index in [1.807, 2.05) is 12.1 Å². The molecule has 0 aliphatic rings. The van der Waals surface area contributed by atoms with Crippen molar-refractivity contribution in [3.63, 3.8) is 0 Å². The highest BCUT2D eigenvalue weighted by Gasteiger charge is 1.96. The topological polar surface area (TPSA) is 45.0 Å². The molecule has 0 heterocycles. The zero-order chi connectivity index (χ0) is 11.4. The predicted octanol–water partition coefficient (Wildman–Crippen LogP) is 4.46. The van der Waals surface area contributed by atoms with E-state index in [1.165, 1.54) is 0 Å². The minimum absolute atomic E-state index is 0.205. The molecule has 0 unspecified atom stereocenters. The van der Waals surface area contributed by atoms with Crippen molar-refractivity contribution in [3.8, 4) is 5.75 Å². The first-order valence-corrected chi connectivity index (χ1v) is 5.09. The minimum Gasteiger partial charge on any atom is -0.508 e. The van der Waals surface area contributed by atoms with E-state index >= 15 is 0 Å². The van der Waals surface area contributed by atoms with Crippen LogP contribution in [0.1, 0.15) is 0 Å². The Labute approximate surface area is 98.0 Å². The summed E-state index contributed by atoms with van der Waals surface area (Å²) in [5, 5.41) is 17.7. The first kappa shape index (κ1) is 10.6. The van der Waals surface area contributed by atoms with E-state index < -0.39 is 0 Å². The van der Waals surface area contributed by atoms with Crippen molar-refractivity contribution in [2.75, 3.05) is 0 Å². The fourth-order valence-electron chi connectivity index (χ4n) is 1.16. The Hall–Kier alpha value is -1.87. The number of aromatic hydroxyl groups is 1. The van der Waals surface area contributed by atoms with E-state index in [4.69, 9.17) is 16.7 Å². The maximum absolute atomic E-state index is 9.09. The van der Waals surface area contributed by atoms with Gasteiger partial charge in [-0.25, -0.2) is 0 Å². The standard InChI is InChI=1S/C12H9ClN2O/c13-11-3-1-2-4-12(11)15-14-9-5-7-10(16)8-6-9/h1-8,16H/b15-14+. The third kappa shape index (κ3) is 2.58. The van der Waals surface area contributed by atoms with E-state index in [0.29, 0.717) is 16.4 Å². The second kappa shape index (κ2) is 4.77. The van der Waals surface area contributed by atoms with Crippen LogP contribution in [0.3, 0.4) is 0 Å². The highest BCUT2D eigenvalue weighted by molar-refractivity contribution is 6.32. The third-order valence-corrected chi connectivity index (χ3v) is 2.29. The van der Waals surface area contributed by atoms with E-state index in [-0.39, 0.29) is 5.75 Å². The molecule has 0 bridgehead atoms. The number of halogens is 1. The zero-order valence-corrected chi connectivity index (χ0v) is 9.09. The molecule has 0 amide bonds. The molecule has 0 atom stereocenters. The van der Waals surface area contributed by atoms with Crippen LogP contribution in [-0.2, 0) is 0 Å². The van der Waals surface area contributed by atoms with Crippen LogP contribution in [0.15, 0.2) is 58.8 Å². The maximum atomic E-state index is 9.09. The summed E-state index contributed by atoms with van der Waals surface area (Å²) >= 11 is 5.92. The largest absolute Gasteiger partial charge is 0.508 e. The number of azo groups is 1. The summed E-state index contributed by atoms with van der Waals surface area (Å²) in [6, 6.07) is 13.7. The lowest BCUT2D eigenvalue weighted by Gasteiger charge is -1.95. The van der Waals surface area contributed by atoms with Crippen LogP contribution in [0.25, 0.3) is 0 Å². The molecule has 0 radical (unpaired) electrons. The average Bonchev–Trinajstić information content (AvgIpc) is 2.30. The van der Waals surface area contributed by atoms with Crippen LogP contribution in [0, 0.1) is 0 Å². The number of nitrogens with zero attached hydrogens (tertiary/aromatic N) is 2. The molecule has 1 N–H and O–H groups in total.